The average Bonchev–Trinajstić information content (AvgIpc) is 2.95. The van der Waals surface area contributed by atoms with E-state index in [1.165, 1.54) is 12.1 Å². The summed E-state index contributed by atoms with van der Waals surface area (Å²) in [6, 6.07) is 25.9. The summed E-state index contributed by atoms with van der Waals surface area (Å²) in [7, 11) is 0. The largest absolute Gasteiger partial charge is 0.491 e. The number of carbonyl (C=O) groups excluding carboxylic acids is 1. The molecule has 4 aromatic carbocycles. The summed E-state index contributed by atoms with van der Waals surface area (Å²) in [5, 5.41) is 15.0. The monoisotopic (exact) mass is 582 g/mol. The van der Waals surface area contributed by atoms with Gasteiger partial charge < -0.3 is 20.5 Å². The molecule has 212 valence electrons. The predicted molar refractivity (Wildman–Crippen MR) is 151 cm³/mol. The third-order valence-electron chi connectivity index (χ3n) is 6.19. The smallest absolute Gasteiger partial charge is 0.416 e. The molecule has 4 aromatic rings. The Balaban J connectivity index is 1.43. The van der Waals surface area contributed by atoms with E-state index in [0.29, 0.717) is 27.5 Å². The second kappa shape index (κ2) is 13.2. The van der Waals surface area contributed by atoms with Gasteiger partial charge in [0.15, 0.2) is 0 Å². The molecule has 10 heteroatoms. The lowest BCUT2D eigenvalue weighted by Gasteiger charge is -2.21. The van der Waals surface area contributed by atoms with Crippen LogP contribution in [0.2, 0.25) is 5.02 Å². The van der Waals surface area contributed by atoms with Crippen molar-refractivity contribution in [1.82, 2.24) is 5.32 Å². The van der Waals surface area contributed by atoms with Crippen LogP contribution in [0.15, 0.2) is 97.1 Å². The normalized spacial score (nSPS) is 11.9. The number of alkyl halides is 3. The SMILES string of the molecule is O=C(O)CCNC(=O)c1ccc(NC(COc2ccc(-c3ccc(C(F)(F)F)cc3)c(Cl)c2)c2ccccc2)cc1. The molecule has 0 heterocycles. The summed E-state index contributed by atoms with van der Waals surface area (Å²) < 4.78 is 44.7. The van der Waals surface area contributed by atoms with E-state index in [1.807, 2.05) is 30.3 Å². The Morgan fingerprint density at radius 1 is 0.902 bits per heavy atom. The van der Waals surface area contributed by atoms with Gasteiger partial charge in [0, 0.05) is 23.4 Å². The van der Waals surface area contributed by atoms with E-state index in [2.05, 4.69) is 10.6 Å². The summed E-state index contributed by atoms with van der Waals surface area (Å²) in [5.74, 6) is -0.865. The van der Waals surface area contributed by atoms with Crippen LogP contribution < -0.4 is 15.4 Å². The van der Waals surface area contributed by atoms with Crippen molar-refractivity contribution in [3.05, 3.63) is 119 Å². The fraction of sp³-hybridized carbons (Fsp3) is 0.161. The summed E-state index contributed by atoms with van der Waals surface area (Å²) in [6.45, 7) is 0.258. The zero-order chi connectivity index (χ0) is 29.4. The van der Waals surface area contributed by atoms with Crippen molar-refractivity contribution in [3.8, 4) is 16.9 Å². The molecule has 0 aliphatic rings. The maximum atomic E-state index is 12.9. The fourth-order valence-corrected chi connectivity index (χ4v) is 4.33. The highest BCUT2D eigenvalue weighted by Crippen LogP contribution is 2.35. The second-order valence-electron chi connectivity index (χ2n) is 9.11. The number of carboxylic acids is 1. The molecular formula is C31H26ClF3N2O4. The van der Waals surface area contributed by atoms with Gasteiger partial charge in [0.05, 0.1) is 23.0 Å². The van der Waals surface area contributed by atoms with Crippen molar-refractivity contribution in [2.45, 2.75) is 18.6 Å². The number of carboxylic acid groups (broad SMARTS) is 1. The Bertz CT molecular complexity index is 1480. The first kappa shape index (κ1) is 29.5. The van der Waals surface area contributed by atoms with Gasteiger partial charge in [-0.2, -0.15) is 13.2 Å². The van der Waals surface area contributed by atoms with Gasteiger partial charge in [-0.3, -0.25) is 9.59 Å². The number of ether oxygens (including phenoxy) is 1. The highest BCUT2D eigenvalue weighted by Gasteiger charge is 2.30. The number of carbonyl (C=O) groups is 2. The van der Waals surface area contributed by atoms with Crippen molar-refractivity contribution in [2.24, 2.45) is 0 Å². The zero-order valence-corrected chi connectivity index (χ0v) is 22.4. The highest BCUT2D eigenvalue weighted by molar-refractivity contribution is 6.33. The molecule has 0 spiro atoms. The topological polar surface area (TPSA) is 87.7 Å². The van der Waals surface area contributed by atoms with Gasteiger partial charge in [-0.05, 0) is 65.7 Å². The van der Waals surface area contributed by atoms with Gasteiger partial charge in [-0.1, -0.05) is 54.1 Å². The number of halogens is 4. The number of rotatable bonds is 11. The molecular weight excluding hydrogens is 557 g/mol. The third-order valence-corrected chi connectivity index (χ3v) is 6.51. The van der Waals surface area contributed by atoms with Gasteiger partial charge in [-0.25, -0.2) is 0 Å². The lowest BCUT2D eigenvalue weighted by atomic mass is 10.0. The molecule has 0 radical (unpaired) electrons. The van der Waals surface area contributed by atoms with Crippen LogP contribution in [-0.2, 0) is 11.0 Å². The third kappa shape index (κ3) is 8.25. The minimum Gasteiger partial charge on any atom is -0.491 e. The molecule has 4 rings (SSSR count). The van der Waals surface area contributed by atoms with E-state index in [9.17, 15) is 22.8 Å². The molecule has 1 unspecified atom stereocenters. The minimum absolute atomic E-state index is 0.0386. The van der Waals surface area contributed by atoms with Crippen LogP contribution >= 0.6 is 11.6 Å². The van der Waals surface area contributed by atoms with Crippen LogP contribution in [0.5, 0.6) is 5.75 Å². The van der Waals surface area contributed by atoms with Crippen molar-refractivity contribution in [3.63, 3.8) is 0 Å². The number of hydrogen-bond acceptors (Lipinski definition) is 4. The average molecular weight is 583 g/mol. The van der Waals surface area contributed by atoms with Gasteiger partial charge >= 0.3 is 12.1 Å². The molecule has 0 aliphatic heterocycles. The van der Waals surface area contributed by atoms with E-state index in [0.717, 1.165) is 23.4 Å². The van der Waals surface area contributed by atoms with Gasteiger partial charge in [-0.15, -0.1) is 0 Å². The molecule has 1 amide bonds. The van der Waals surface area contributed by atoms with Crippen LogP contribution in [0.1, 0.15) is 33.9 Å². The molecule has 0 fully saturated rings. The molecule has 6 nitrogen and oxygen atoms in total. The minimum atomic E-state index is -4.41. The van der Waals surface area contributed by atoms with Crippen molar-refractivity contribution in [1.29, 1.82) is 0 Å². The number of benzene rings is 4. The Hall–Kier alpha value is -4.50. The van der Waals surface area contributed by atoms with Crippen LogP contribution in [-0.4, -0.2) is 30.1 Å². The quantitative estimate of drug-likeness (QED) is 0.171. The van der Waals surface area contributed by atoms with Crippen molar-refractivity contribution >= 4 is 29.2 Å². The molecule has 41 heavy (non-hydrogen) atoms. The van der Waals surface area contributed by atoms with Crippen LogP contribution in [0, 0.1) is 0 Å². The van der Waals surface area contributed by atoms with E-state index >= 15 is 0 Å². The van der Waals surface area contributed by atoms with Gasteiger partial charge in [0.25, 0.3) is 5.91 Å². The maximum absolute atomic E-state index is 12.9. The summed E-state index contributed by atoms with van der Waals surface area (Å²) in [5.41, 5.74) is 2.49. The number of anilines is 1. The van der Waals surface area contributed by atoms with Crippen molar-refractivity contribution < 1.29 is 32.6 Å². The molecule has 0 aliphatic carbocycles. The molecule has 0 aromatic heterocycles. The highest BCUT2D eigenvalue weighted by atomic mass is 35.5. The maximum Gasteiger partial charge on any atom is 0.416 e. The number of amides is 1. The van der Waals surface area contributed by atoms with E-state index in [4.69, 9.17) is 21.4 Å². The Kier molecular flexibility index (Phi) is 9.52. The Morgan fingerprint density at radius 2 is 1.59 bits per heavy atom. The first-order chi connectivity index (χ1) is 19.6. The first-order valence-corrected chi connectivity index (χ1v) is 13.0. The Labute approximate surface area is 239 Å². The van der Waals surface area contributed by atoms with E-state index in [1.54, 1.807) is 42.5 Å². The molecule has 0 bridgehead atoms. The summed E-state index contributed by atoms with van der Waals surface area (Å²) in [4.78, 5) is 22.9. The lowest BCUT2D eigenvalue weighted by molar-refractivity contribution is -0.138. The Morgan fingerprint density at radius 3 is 2.20 bits per heavy atom. The van der Waals surface area contributed by atoms with Gasteiger partial charge in [0.1, 0.15) is 12.4 Å². The molecule has 0 saturated heterocycles. The summed E-state index contributed by atoms with van der Waals surface area (Å²) >= 11 is 6.46. The van der Waals surface area contributed by atoms with Crippen molar-refractivity contribution in [2.75, 3.05) is 18.5 Å². The molecule has 3 N–H and O–H groups in total. The number of nitrogens with one attached hydrogen (secondary N) is 2. The fourth-order valence-electron chi connectivity index (χ4n) is 4.05. The van der Waals surface area contributed by atoms with Gasteiger partial charge in [0.2, 0.25) is 0 Å². The predicted octanol–water partition coefficient (Wildman–Crippen LogP) is 7.46. The number of hydrogen-bond donors (Lipinski definition) is 3. The summed E-state index contributed by atoms with van der Waals surface area (Å²) in [6.07, 6.45) is -4.57. The number of aliphatic carboxylic acids is 1. The van der Waals surface area contributed by atoms with Crippen LogP contribution in [0.3, 0.4) is 0 Å². The molecule has 1 atom stereocenters. The van der Waals surface area contributed by atoms with Crippen LogP contribution in [0.25, 0.3) is 11.1 Å². The van der Waals surface area contributed by atoms with E-state index in [-0.39, 0.29) is 31.5 Å². The van der Waals surface area contributed by atoms with E-state index < -0.39 is 17.7 Å². The standard InChI is InChI=1S/C31H26ClF3N2O4/c32-27-18-25(14-15-26(27)20-6-10-23(11-7-20)31(33,34)35)41-19-28(21-4-2-1-3-5-21)37-24-12-8-22(9-13-24)30(40)36-17-16-29(38)39/h1-15,18,28,37H,16-17,19H2,(H,36,40)(H,38,39). The second-order valence-corrected chi connectivity index (χ2v) is 9.52. The lowest BCUT2D eigenvalue weighted by Crippen LogP contribution is -2.26. The van der Waals surface area contributed by atoms with Crippen LogP contribution in [0.4, 0.5) is 18.9 Å². The zero-order valence-electron chi connectivity index (χ0n) is 21.6. The molecule has 0 saturated carbocycles. The first-order valence-electron chi connectivity index (χ1n) is 12.6.